The molecule has 0 spiro atoms. The minimum absolute atomic E-state index is 0.235. The van der Waals surface area contributed by atoms with Gasteiger partial charge >= 0.3 is 0 Å². The van der Waals surface area contributed by atoms with Crippen molar-refractivity contribution in [3.05, 3.63) is 58.3 Å². The monoisotopic (exact) mass is 399 g/mol. The average Bonchev–Trinajstić information content (AvgIpc) is 2.68. The van der Waals surface area contributed by atoms with E-state index in [1.165, 1.54) is 12.1 Å². The number of pyridine rings is 1. The van der Waals surface area contributed by atoms with E-state index in [1.54, 1.807) is 11.0 Å². The van der Waals surface area contributed by atoms with Crippen LogP contribution in [0.3, 0.4) is 0 Å². The van der Waals surface area contributed by atoms with E-state index in [0.717, 1.165) is 17.2 Å². The SMILES string of the molecule is Cc1nc2cc(F)cc(C(=O)N3CCN(c4cccc(Cl)n4)CC3)c2nc1C. The summed E-state index contributed by atoms with van der Waals surface area (Å²) in [6, 6.07) is 8.03. The van der Waals surface area contributed by atoms with Crippen molar-refractivity contribution in [3.8, 4) is 0 Å². The molecule has 1 amide bonds. The lowest BCUT2D eigenvalue weighted by Gasteiger charge is -2.35. The highest BCUT2D eigenvalue weighted by Gasteiger charge is 2.25. The molecule has 0 aliphatic carbocycles. The molecule has 0 atom stereocenters. The zero-order valence-electron chi connectivity index (χ0n) is 15.6. The Bertz CT molecular complexity index is 1070. The number of piperazine rings is 1. The van der Waals surface area contributed by atoms with E-state index >= 15 is 0 Å². The molecule has 144 valence electrons. The van der Waals surface area contributed by atoms with Gasteiger partial charge in [-0.25, -0.2) is 19.3 Å². The Balaban J connectivity index is 1.58. The minimum Gasteiger partial charge on any atom is -0.353 e. The summed E-state index contributed by atoms with van der Waals surface area (Å²) in [4.78, 5) is 30.1. The second kappa shape index (κ2) is 7.31. The molecule has 1 aliphatic rings. The molecule has 1 fully saturated rings. The number of halogens is 2. The highest BCUT2D eigenvalue weighted by atomic mass is 35.5. The van der Waals surface area contributed by atoms with E-state index in [9.17, 15) is 9.18 Å². The molecule has 1 aromatic carbocycles. The third-order valence-corrected chi connectivity index (χ3v) is 5.18. The summed E-state index contributed by atoms with van der Waals surface area (Å²) < 4.78 is 14.1. The predicted octanol–water partition coefficient (Wildman–Crippen LogP) is 3.40. The number of carbonyl (C=O) groups excluding carboxylic acids is 1. The molecule has 0 unspecified atom stereocenters. The van der Waals surface area contributed by atoms with Crippen molar-refractivity contribution in [1.29, 1.82) is 0 Å². The molecule has 4 rings (SSSR count). The van der Waals surface area contributed by atoms with Crippen LogP contribution in [0.25, 0.3) is 11.0 Å². The lowest BCUT2D eigenvalue weighted by Crippen LogP contribution is -2.49. The molecule has 3 aromatic rings. The molecule has 8 heteroatoms. The zero-order chi connectivity index (χ0) is 19.8. The van der Waals surface area contributed by atoms with Crippen molar-refractivity contribution in [2.75, 3.05) is 31.1 Å². The molecule has 0 N–H and O–H groups in total. The summed E-state index contributed by atoms with van der Waals surface area (Å²) >= 11 is 5.97. The van der Waals surface area contributed by atoms with Gasteiger partial charge in [0.25, 0.3) is 5.91 Å². The minimum atomic E-state index is -0.491. The van der Waals surface area contributed by atoms with Gasteiger partial charge in [0.05, 0.1) is 22.5 Å². The van der Waals surface area contributed by atoms with Crippen LogP contribution >= 0.6 is 11.6 Å². The Morgan fingerprint density at radius 1 is 1.04 bits per heavy atom. The number of fused-ring (bicyclic) bond motifs is 1. The lowest BCUT2D eigenvalue weighted by molar-refractivity contribution is 0.0748. The van der Waals surface area contributed by atoms with Gasteiger partial charge in [-0.15, -0.1) is 0 Å². The number of hydrogen-bond acceptors (Lipinski definition) is 5. The van der Waals surface area contributed by atoms with Gasteiger partial charge < -0.3 is 9.80 Å². The molecule has 1 saturated heterocycles. The maximum atomic E-state index is 14.1. The average molecular weight is 400 g/mol. The van der Waals surface area contributed by atoms with Crippen molar-refractivity contribution in [2.24, 2.45) is 0 Å². The maximum absolute atomic E-state index is 14.1. The van der Waals surface area contributed by atoms with Crippen LogP contribution in [0.2, 0.25) is 5.15 Å². The summed E-state index contributed by atoms with van der Waals surface area (Å²) in [5.74, 6) is 0.0590. The van der Waals surface area contributed by atoms with Crippen molar-refractivity contribution in [2.45, 2.75) is 13.8 Å². The molecular weight excluding hydrogens is 381 g/mol. The normalized spacial score (nSPS) is 14.6. The van der Waals surface area contributed by atoms with Gasteiger partial charge in [0.2, 0.25) is 0 Å². The van der Waals surface area contributed by atoms with Crippen LogP contribution in [0, 0.1) is 19.7 Å². The molecule has 0 saturated carbocycles. The first kappa shape index (κ1) is 18.6. The Morgan fingerprint density at radius 2 is 1.75 bits per heavy atom. The van der Waals surface area contributed by atoms with Gasteiger partial charge in [-0.05, 0) is 32.0 Å². The molecule has 1 aliphatic heterocycles. The quantitative estimate of drug-likeness (QED) is 0.618. The maximum Gasteiger partial charge on any atom is 0.256 e. The molecule has 28 heavy (non-hydrogen) atoms. The van der Waals surface area contributed by atoms with E-state index in [-0.39, 0.29) is 11.5 Å². The van der Waals surface area contributed by atoms with E-state index in [0.29, 0.717) is 42.4 Å². The lowest BCUT2D eigenvalue weighted by atomic mass is 10.1. The van der Waals surface area contributed by atoms with E-state index in [1.807, 2.05) is 26.0 Å². The van der Waals surface area contributed by atoms with Gasteiger partial charge in [-0.1, -0.05) is 17.7 Å². The van der Waals surface area contributed by atoms with Crippen molar-refractivity contribution in [1.82, 2.24) is 19.9 Å². The van der Waals surface area contributed by atoms with Crippen LogP contribution in [-0.2, 0) is 0 Å². The summed E-state index contributed by atoms with van der Waals surface area (Å²) in [7, 11) is 0. The van der Waals surface area contributed by atoms with Crippen molar-refractivity contribution < 1.29 is 9.18 Å². The standard InChI is InChI=1S/C20H19ClFN5O/c1-12-13(2)24-19-15(10-14(22)11-16(19)23-12)20(28)27-8-6-26(7-9-27)18-5-3-4-17(21)25-18/h3-5,10-11H,6-9H2,1-2H3. The number of hydrogen-bond donors (Lipinski definition) is 0. The molecule has 6 nitrogen and oxygen atoms in total. The number of anilines is 1. The third kappa shape index (κ3) is 3.49. The summed E-state index contributed by atoms with van der Waals surface area (Å²) in [6.45, 7) is 5.90. The number of carbonyl (C=O) groups is 1. The Kier molecular flexibility index (Phi) is 4.85. The number of nitrogens with zero attached hydrogens (tertiary/aromatic N) is 5. The van der Waals surface area contributed by atoms with Crippen LogP contribution in [0.4, 0.5) is 10.2 Å². The first-order valence-corrected chi connectivity index (χ1v) is 9.41. The predicted molar refractivity (Wildman–Crippen MR) is 106 cm³/mol. The first-order valence-electron chi connectivity index (χ1n) is 9.03. The third-order valence-electron chi connectivity index (χ3n) is 4.97. The fourth-order valence-corrected chi connectivity index (χ4v) is 3.50. The van der Waals surface area contributed by atoms with Crippen LogP contribution in [-0.4, -0.2) is 51.9 Å². The first-order chi connectivity index (χ1) is 13.4. The van der Waals surface area contributed by atoms with Gasteiger partial charge in [0.15, 0.2) is 0 Å². The molecule has 2 aromatic heterocycles. The fourth-order valence-electron chi connectivity index (χ4n) is 3.34. The number of benzene rings is 1. The number of aryl methyl sites for hydroxylation is 2. The Hall–Kier alpha value is -2.80. The van der Waals surface area contributed by atoms with E-state index in [4.69, 9.17) is 11.6 Å². The van der Waals surface area contributed by atoms with E-state index < -0.39 is 5.82 Å². The van der Waals surface area contributed by atoms with Crippen LogP contribution in [0.15, 0.2) is 30.3 Å². The highest BCUT2D eigenvalue weighted by Crippen LogP contribution is 2.22. The van der Waals surface area contributed by atoms with Crippen molar-refractivity contribution >= 4 is 34.4 Å². The van der Waals surface area contributed by atoms with Gasteiger partial charge in [-0.2, -0.15) is 0 Å². The summed E-state index contributed by atoms with van der Waals surface area (Å²) in [6.07, 6.45) is 0. The number of rotatable bonds is 2. The van der Waals surface area contributed by atoms with Gasteiger partial charge in [0, 0.05) is 32.2 Å². The topological polar surface area (TPSA) is 62.2 Å². The number of amides is 1. The van der Waals surface area contributed by atoms with Crippen molar-refractivity contribution in [3.63, 3.8) is 0 Å². The summed E-state index contributed by atoms with van der Waals surface area (Å²) in [5.41, 5.74) is 2.53. The molecule has 0 bridgehead atoms. The zero-order valence-corrected chi connectivity index (χ0v) is 16.4. The Morgan fingerprint density at radius 3 is 2.46 bits per heavy atom. The molecular formula is C20H19ClFN5O. The number of aromatic nitrogens is 3. The summed E-state index contributed by atoms with van der Waals surface area (Å²) in [5, 5.41) is 0.437. The fraction of sp³-hybridized carbons (Fsp3) is 0.300. The van der Waals surface area contributed by atoms with Crippen LogP contribution < -0.4 is 4.90 Å². The molecule has 3 heterocycles. The van der Waals surface area contributed by atoms with Gasteiger partial charge in [0.1, 0.15) is 22.3 Å². The smallest absolute Gasteiger partial charge is 0.256 e. The highest BCUT2D eigenvalue weighted by molar-refractivity contribution is 6.29. The van der Waals surface area contributed by atoms with Crippen LogP contribution in [0.1, 0.15) is 21.7 Å². The van der Waals surface area contributed by atoms with Crippen LogP contribution in [0.5, 0.6) is 0 Å². The second-order valence-corrected chi connectivity index (χ2v) is 7.20. The largest absolute Gasteiger partial charge is 0.353 e. The van der Waals surface area contributed by atoms with Gasteiger partial charge in [-0.3, -0.25) is 4.79 Å². The Labute approximate surface area is 167 Å². The van der Waals surface area contributed by atoms with E-state index in [2.05, 4.69) is 19.9 Å². The molecule has 0 radical (unpaired) electrons. The second-order valence-electron chi connectivity index (χ2n) is 6.81.